The predicted molar refractivity (Wildman–Crippen MR) is 103 cm³/mol. The maximum atomic E-state index is 5.92. The second kappa shape index (κ2) is 8.26. The Morgan fingerprint density at radius 1 is 1.12 bits per heavy atom. The van der Waals surface area contributed by atoms with Crippen LogP contribution in [0.2, 0.25) is 0 Å². The van der Waals surface area contributed by atoms with Gasteiger partial charge in [-0.15, -0.1) is 0 Å². The molecular formula is C21H28N2O2. The van der Waals surface area contributed by atoms with Crippen LogP contribution < -0.4 is 19.7 Å². The quantitative estimate of drug-likeness (QED) is 0.873. The zero-order chi connectivity index (χ0) is 17.6. The fourth-order valence-electron chi connectivity index (χ4n) is 3.30. The number of rotatable bonds is 6. The van der Waals surface area contributed by atoms with Crippen molar-refractivity contribution in [1.82, 2.24) is 5.32 Å². The van der Waals surface area contributed by atoms with Crippen LogP contribution >= 0.6 is 0 Å². The van der Waals surface area contributed by atoms with Crippen LogP contribution in [-0.4, -0.2) is 38.9 Å². The van der Waals surface area contributed by atoms with Crippen LogP contribution in [0.4, 0.5) is 5.69 Å². The molecule has 0 amide bonds. The Morgan fingerprint density at radius 2 is 1.92 bits per heavy atom. The smallest absolute Gasteiger partial charge is 0.163 e. The van der Waals surface area contributed by atoms with Crippen LogP contribution in [0.5, 0.6) is 11.5 Å². The van der Waals surface area contributed by atoms with E-state index in [1.54, 1.807) is 7.11 Å². The third kappa shape index (κ3) is 4.67. The number of hydrogen-bond donors (Lipinski definition) is 1. The first-order chi connectivity index (χ1) is 12.2. The maximum absolute atomic E-state index is 5.92. The lowest BCUT2D eigenvalue weighted by Gasteiger charge is -2.35. The summed E-state index contributed by atoms with van der Waals surface area (Å²) in [6.07, 6.45) is 1.17. The van der Waals surface area contributed by atoms with E-state index in [0.717, 1.165) is 37.6 Å². The van der Waals surface area contributed by atoms with Crippen LogP contribution in [0.3, 0.4) is 0 Å². The lowest BCUT2D eigenvalue weighted by Crippen LogP contribution is -2.51. The summed E-state index contributed by atoms with van der Waals surface area (Å²) >= 11 is 0. The molecule has 0 bridgehead atoms. The molecule has 2 aromatic rings. The van der Waals surface area contributed by atoms with Crippen LogP contribution in [-0.2, 0) is 6.42 Å². The van der Waals surface area contributed by atoms with Gasteiger partial charge in [0, 0.05) is 37.4 Å². The second-order valence-electron chi connectivity index (χ2n) is 6.79. The van der Waals surface area contributed by atoms with E-state index in [0.29, 0.717) is 6.04 Å². The van der Waals surface area contributed by atoms with Crippen molar-refractivity contribution >= 4 is 5.69 Å². The Balaban J connectivity index is 1.72. The number of hydrogen-bond acceptors (Lipinski definition) is 4. The highest BCUT2D eigenvalue weighted by molar-refractivity contribution is 5.57. The minimum absolute atomic E-state index is 0.123. The number of anilines is 1. The summed E-state index contributed by atoms with van der Waals surface area (Å²) in [4.78, 5) is 2.43. The molecule has 0 radical (unpaired) electrons. The van der Waals surface area contributed by atoms with E-state index in [1.807, 2.05) is 19.9 Å². The summed E-state index contributed by atoms with van der Waals surface area (Å²) in [5.41, 5.74) is 2.57. The molecule has 25 heavy (non-hydrogen) atoms. The van der Waals surface area contributed by atoms with Crippen molar-refractivity contribution in [3.63, 3.8) is 0 Å². The van der Waals surface area contributed by atoms with E-state index in [2.05, 4.69) is 52.7 Å². The summed E-state index contributed by atoms with van der Waals surface area (Å²) in [5, 5.41) is 3.64. The lowest BCUT2D eigenvalue weighted by atomic mass is 10.0. The van der Waals surface area contributed by atoms with Gasteiger partial charge in [-0.05, 0) is 38.0 Å². The molecule has 1 aliphatic heterocycles. The lowest BCUT2D eigenvalue weighted by molar-refractivity contribution is 0.230. The zero-order valence-corrected chi connectivity index (χ0v) is 15.4. The van der Waals surface area contributed by atoms with E-state index < -0.39 is 0 Å². The van der Waals surface area contributed by atoms with Crippen molar-refractivity contribution in [3.05, 3.63) is 54.1 Å². The maximum Gasteiger partial charge on any atom is 0.163 e. The number of methoxy groups -OCH3 is 1. The summed E-state index contributed by atoms with van der Waals surface area (Å²) in [6.45, 7) is 7.05. The van der Waals surface area contributed by atoms with Crippen LogP contribution in [0.1, 0.15) is 19.4 Å². The van der Waals surface area contributed by atoms with Crippen molar-refractivity contribution in [2.24, 2.45) is 0 Å². The van der Waals surface area contributed by atoms with E-state index in [-0.39, 0.29) is 6.10 Å². The summed E-state index contributed by atoms with van der Waals surface area (Å²) < 4.78 is 11.4. The van der Waals surface area contributed by atoms with Gasteiger partial charge in [-0.3, -0.25) is 0 Å². The molecule has 134 valence electrons. The first-order valence-corrected chi connectivity index (χ1v) is 9.02. The number of ether oxygens (including phenoxy) is 2. The number of benzene rings is 2. The Bertz CT molecular complexity index is 673. The largest absolute Gasteiger partial charge is 0.493 e. The predicted octanol–water partition coefficient (Wildman–Crippen LogP) is 3.50. The minimum atomic E-state index is 0.123. The van der Waals surface area contributed by atoms with E-state index >= 15 is 0 Å². The van der Waals surface area contributed by atoms with Gasteiger partial charge < -0.3 is 19.7 Å². The molecule has 4 nitrogen and oxygen atoms in total. The van der Waals surface area contributed by atoms with E-state index in [1.165, 1.54) is 11.3 Å². The molecule has 1 N–H and O–H groups in total. The standard InChI is InChI=1S/C21H28N2O2/c1-16(2)25-21-14-19(9-10-20(21)24-3)23-12-11-22-18(15-23)13-17-7-5-4-6-8-17/h4-10,14,16,18,22H,11-13,15H2,1-3H3. The van der Waals surface area contributed by atoms with Gasteiger partial charge in [0.15, 0.2) is 11.5 Å². The van der Waals surface area contributed by atoms with Gasteiger partial charge in [0.1, 0.15) is 0 Å². The second-order valence-corrected chi connectivity index (χ2v) is 6.79. The number of piperazine rings is 1. The average Bonchev–Trinajstić information content (AvgIpc) is 2.62. The molecule has 1 unspecified atom stereocenters. The fraction of sp³-hybridized carbons (Fsp3) is 0.429. The molecule has 0 spiro atoms. The molecule has 0 saturated carbocycles. The Morgan fingerprint density at radius 3 is 2.64 bits per heavy atom. The normalized spacial score (nSPS) is 17.6. The molecule has 1 atom stereocenters. The summed E-state index contributed by atoms with van der Waals surface area (Å²) in [5.74, 6) is 1.60. The fourth-order valence-corrected chi connectivity index (χ4v) is 3.30. The van der Waals surface area contributed by atoms with Crippen molar-refractivity contribution in [3.8, 4) is 11.5 Å². The van der Waals surface area contributed by atoms with E-state index in [9.17, 15) is 0 Å². The van der Waals surface area contributed by atoms with Gasteiger partial charge in [0.2, 0.25) is 0 Å². The summed E-state index contributed by atoms with van der Waals surface area (Å²) in [6, 6.07) is 17.3. The average molecular weight is 340 g/mol. The van der Waals surface area contributed by atoms with Crippen LogP contribution in [0, 0.1) is 0 Å². The molecule has 0 aromatic heterocycles. The van der Waals surface area contributed by atoms with Gasteiger partial charge in [-0.1, -0.05) is 30.3 Å². The van der Waals surface area contributed by atoms with Gasteiger partial charge in [0.25, 0.3) is 0 Å². The molecule has 3 rings (SSSR count). The van der Waals surface area contributed by atoms with Crippen molar-refractivity contribution in [1.29, 1.82) is 0 Å². The van der Waals surface area contributed by atoms with E-state index in [4.69, 9.17) is 9.47 Å². The summed E-state index contributed by atoms with van der Waals surface area (Å²) in [7, 11) is 1.68. The number of nitrogens with one attached hydrogen (secondary N) is 1. The van der Waals surface area contributed by atoms with Crippen LogP contribution in [0.15, 0.2) is 48.5 Å². The topological polar surface area (TPSA) is 33.7 Å². The van der Waals surface area contributed by atoms with Crippen molar-refractivity contribution in [2.45, 2.75) is 32.4 Å². The molecule has 1 saturated heterocycles. The molecule has 1 heterocycles. The molecule has 1 fully saturated rings. The zero-order valence-electron chi connectivity index (χ0n) is 15.4. The molecular weight excluding hydrogens is 312 g/mol. The van der Waals surface area contributed by atoms with Crippen LogP contribution in [0.25, 0.3) is 0 Å². The minimum Gasteiger partial charge on any atom is -0.493 e. The molecule has 0 aliphatic carbocycles. The first-order valence-electron chi connectivity index (χ1n) is 9.02. The van der Waals surface area contributed by atoms with Crippen molar-refractivity contribution < 1.29 is 9.47 Å². The Hall–Kier alpha value is -2.20. The molecule has 2 aromatic carbocycles. The Kier molecular flexibility index (Phi) is 5.82. The highest BCUT2D eigenvalue weighted by Gasteiger charge is 2.21. The number of nitrogens with zero attached hydrogens (tertiary/aromatic N) is 1. The van der Waals surface area contributed by atoms with Gasteiger partial charge in [0.05, 0.1) is 13.2 Å². The van der Waals surface area contributed by atoms with Gasteiger partial charge in [-0.25, -0.2) is 0 Å². The molecule has 4 heteroatoms. The SMILES string of the molecule is COc1ccc(N2CCNC(Cc3ccccc3)C2)cc1OC(C)C. The first kappa shape index (κ1) is 17.6. The monoisotopic (exact) mass is 340 g/mol. The van der Waals surface area contributed by atoms with Crippen molar-refractivity contribution in [2.75, 3.05) is 31.6 Å². The van der Waals surface area contributed by atoms with Gasteiger partial charge in [-0.2, -0.15) is 0 Å². The van der Waals surface area contributed by atoms with Gasteiger partial charge >= 0.3 is 0 Å². The highest BCUT2D eigenvalue weighted by atomic mass is 16.5. The Labute approximate surface area is 150 Å². The molecule has 1 aliphatic rings. The third-order valence-corrected chi connectivity index (χ3v) is 4.46. The third-order valence-electron chi connectivity index (χ3n) is 4.46. The highest BCUT2D eigenvalue weighted by Crippen LogP contribution is 2.33.